The largest absolute Gasteiger partial charge is 0.508 e. The van der Waals surface area contributed by atoms with Gasteiger partial charge in [0.05, 0.1) is 0 Å². The van der Waals surface area contributed by atoms with E-state index in [4.69, 9.17) is 0 Å². The van der Waals surface area contributed by atoms with Gasteiger partial charge < -0.3 is 10.0 Å². The number of aromatic hydroxyl groups is 1. The maximum atomic E-state index is 9.49. The first kappa shape index (κ1) is 12.5. The normalized spacial score (nSPS) is 10.3. The number of phenols is 1. The van der Waals surface area contributed by atoms with Crippen LogP contribution in [0.25, 0.3) is 0 Å². The number of anilines is 1. The lowest BCUT2D eigenvalue weighted by Crippen LogP contribution is -2.21. The van der Waals surface area contributed by atoms with Crippen LogP contribution in [0, 0.1) is 6.92 Å². The third-order valence-corrected chi connectivity index (χ3v) is 3.06. The summed E-state index contributed by atoms with van der Waals surface area (Å²) in [5, 5.41) is 9.49. The van der Waals surface area contributed by atoms with Gasteiger partial charge in [0.2, 0.25) is 0 Å². The van der Waals surface area contributed by atoms with Gasteiger partial charge >= 0.3 is 0 Å². The zero-order valence-corrected chi connectivity index (χ0v) is 10.9. The standard InChI is InChI=1S/C16H19NO/c1-3-17(15-9-7-13(2)8-10-15)12-14-5-4-6-16(18)11-14/h4-11,18H,3,12H2,1-2H3. The van der Waals surface area contributed by atoms with Gasteiger partial charge in [0.1, 0.15) is 5.75 Å². The highest BCUT2D eigenvalue weighted by Gasteiger charge is 2.05. The lowest BCUT2D eigenvalue weighted by Gasteiger charge is -2.23. The van der Waals surface area contributed by atoms with E-state index in [9.17, 15) is 5.11 Å². The fourth-order valence-corrected chi connectivity index (χ4v) is 2.02. The van der Waals surface area contributed by atoms with E-state index >= 15 is 0 Å². The van der Waals surface area contributed by atoms with Crippen molar-refractivity contribution < 1.29 is 5.11 Å². The van der Waals surface area contributed by atoms with Gasteiger partial charge in [-0.05, 0) is 43.7 Å². The Morgan fingerprint density at radius 3 is 2.39 bits per heavy atom. The first-order valence-corrected chi connectivity index (χ1v) is 6.28. The van der Waals surface area contributed by atoms with Crippen molar-refractivity contribution in [2.24, 2.45) is 0 Å². The Hall–Kier alpha value is -1.96. The highest BCUT2D eigenvalue weighted by molar-refractivity contribution is 5.48. The van der Waals surface area contributed by atoms with Gasteiger partial charge in [-0.15, -0.1) is 0 Å². The summed E-state index contributed by atoms with van der Waals surface area (Å²) < 4.78 is 0. The molecule has 0 spiro atoms. The third-order valence-electron chi connectivity index (χ3n) is 3.06. The highest BCUT2D eigenvalue weighted by atomic mass is 16.3. The van der Waals surface area contributed by atoms with Crippen LogP contribution in [0.5, 0.6) is 5.75 Å². The van der Waals surface area contributed by atoms with Crippen molar-refractivity contribution in [1.29, 1.82) is 0 Å². The van der Waals surface area contributed by atoms with Crippen molar-refractivity contribution in [2.45, 2.75) is 20.4 Å². The first-order valence-electron chi connectivity index (χ1n) is 6.28. The van der Waals surface area contributed by atoms with E-state index in [2.05, 4.69) is 43.0 Å². The number of phenolic OH excluding ortho intramolecular Hbond substituents is 1. The second kappa shape index (κ2) is 5.58. The SMILES string of the molecule is CCN(Cc1cccc(O)c1)c1ccc(C)cc1. The van der Waals surface area contributed by atoms with Crippen LogP contribution in [0.3, 0.4) is 0 Å². The van der Waals surface area contributed by atoms with Crippen LogP contribution in [0.4, 0.5) is 5.69 Å². The third kappa shape index (κ3) is 3.04. The maximum Gasteiger partial charge on any atom is 0.115 e. The van der Waals surface area contributed by atoms with Crippen molar-refractivity contribution in [3.8, 4) is 5.75 Å². The average Bonchev–Trinajstić information content (AvgIpc) is 2.37. The van der Waals surface area contributed by atoms with E-state index in [1.54, 1.807) is 6.07 Å². The van der Waals surface area contributed by atoms with Crippen molar-refractivity contribution >= 4 is 5.69 Å². The van der Waals surface area contributed by atoms with Gasteiger partial charge in [0.15, 0.2) is 0 Å². The van der Waals surface area contributed by atoms with Crippen LogP contribution in [0.1, 0.15) is 18.1 Å². The molecular weight excluding hydrogens is 222 g/mol. The van der Waals surface area contributed by atoms with Crippen LogP contribution in [0.2, 0.25) is 0 Å². The average molecular weight is 241 g/mol. The summed E-state index contributed by atoms with van der Waals surface area (Å²) in [4.78, 5) is 2.29. The van der Waals surface area contributed by atoms with Crippen LogP contribution in [-0.2, 0) is 6.54 Å². The summed E-state index contributed by atoms with van der Waals surface area (Å²) in [6, 6.07) is 16.0. The zero-order chi connectivity index (χ0) is 13.0. The summed E-state index contributed by atoms with van der Waals surface area (Å²) in [5.74, 6) is 0.326. The Bertz CT molecular complexity index is 505. The minimum absolute atomic E-state index is 0.326. The maximum absolute atomic E-state index is 9.49. The van der Waals surface area contributed by atoms with Gasteiger partial charge in [-0.1, -0.05) is 29.8 Å². The molecule has 2 nitrogen and oxygen atoms in total. The smallest absolute Gasteiger partial charge is 0.115 e. The fourth-order valence-electron chi connectivity index (χ4n) is 2.02. The molecule has 2 aromatic rings. The molecule has 94 valence electrons. The van der Waals surface area contributed by atoms with Crippen molar-refractivity contribution in [2.75, 3.05) is 11.4 Å². The van der Waals surface area contributed by atoms with Crippen LogP contribution >= 0.6 is 0 Å². The highest BCUT2D eigenvalue weighted by Crippen LogP contribution is 2.19. The molecule has 0 amide bonds. The van der Waals surface area contributed by atoms with Gasteiger partial charge in [-0.3, -0.25) is 0 Å². The molecule has 2 aromatic carbocycles. The summed E-state index contributed by atoms with van der Waals surface area (Å²) in [7, 11) is 0. The predicted octanol–water partition coefficient (Wildman–Crippen LogP) is 3.73. The molecule has 0 heterocycles. The Morgan fingerprint density at radius 2 is 1.78 bits per heavy atom. The number of aryl methyl sites for hydroxylation is 1. The summed E-state index contributed by atoms with van der Waals surface area (Å²) in [6.45, 7) is 5.99. The summed E-state index contributed by atoms with van der Waals surface area (Å²) in [5.41, 5.74) is 3.61. The van der Waals surface area contributed by atoms with Crippen molar-refractivity contribution in [3.63, 3.8) is 0 Å². The molecule has 0 unspecified atom stereocenters. The lowest BCUT2D eigenvalue weighted by atomic mass is 10.1. The molecule has 1 N–H and O–H groups in total. The molecule has 0 saturated carbocycles. The Morgan fingerprint density at radius 1 is 1.06 bits per heavy atom. The van der Waals surface area contributed by atoms with E-state index < -0.39 is 0 Å². The Kier molecular flexibility index (Phi) is 3.88. The molecule has 2 rings (SSSR count). The second-order valence-electron chi connectivity index (χ2n) is 4.52. The van der Waals surface area contributed by atoms with E-state index in [0.717, 1.165) is 18.7 Å². The molecule has 0 fully saturated rings. The summed E-state index contributed by atoms with van der Waals surface area (Å²) >= 11 is 0. The predicted molar refractivity (Wildman–Crippen MR) is 76.0 cm³/mol. The number of nitrogens with zero attached hydrogens (tertiary/aromatic N) is 1. The molecule has 0 aliphatic rings. The summed E-state index contributed by atoms with van der Waals surface area (Å²) in [6.07, 6.45) is 0. The van der Waals surface area contributed by atoms with E-state index in [-0.39, 0.29) is 0 Å². The fraction of sp³-hybridized carbons (Fsp3) is 0.250. The molecule has 0 radical (unpaired) electrons. The quantitative estimate of drug-likeness (QED) is 0.881. The topological polar surface area (TPSA) is 23.5 Å². The molecule has 0 aliphatic heterocycles. The van der Waals surface area contributed by atoms with Gasteiger partial charge in [0.25, 0.3) is 0 Å². The molecule has 2 heteroatoms. The molecule has 0 aromatic heterocycles. The molecular formula is C16H19NO. The van der Waals surface area contributed by atoms with Gasteiger partial charge in [-0.2, -0.15) is 0 Å². The molecule has 0 aliphatic carbocycles. The van der Waals surface area contributed by atoms with Crippen molar-refractivity contribution in [3.05, 3.63) is 59.7 Å². The number of hydrogen-bond donors (Lipinski definition) is 1. The molecule has 0 atom stereocenters. The van der Waals surface area contributed by atoms with E-state index in [0.29, 0.717) is 5.75 Å². The van der Waals surface area contributed by atoms with Crippen LogP contribution in [-0.4, -0.2) is 11.7 Å². The number of benzene rings is 2. The molecule has 0 saturated heterocycles. The van der Waals surface area contributed by atoms with Crippen molar-refractivity contribution in [1.82, 2.24) is 0 Å². The monoisotopic (exact) mass is 241 g/mol. The van der Waals surface area contributed by atoms with Crippen LogP contribution < -0.4 is 4.90 Å². The zero-order valence-electron chi connectivity index (χ0n) is 10.9. The number of hydrogen-bond acceptors (Lipinski definition) is 2. The first-order chi connectivity index (χ1) is 8.69. The molecule has 0 bridgehead atoms. The number of rotatable bonds is 4. The minimum atomic E-state index is 0.326. The van der Waals surface area contributed by atoms with E-state index in [1.165, 1.54) is 11.3 Å². The Balaban J connectivity index is 2.17. The Labute approximate surface area is 109 Å². The lowest BCUT2D eigenvalue weighted by molar-refractivity contribution is 0.474. The molecule has 18 heavy (non-hydrogen) atoms. The second-order valence-corrected chi connectivity index (χ2v) is 4.52. The minimum Gasteiger partial charge on any atom is -0.508 e. The van der Waals surface area contributed by atoms with E-state index in [1.807, 2.05) is 18.2 Å². The van der Waals surface area contributed by atoms with Gasteiger partial charge in [0, 0.05) is 18.8 Å². The van der Waals surface area contributed by atoms with Gasteiger partial charge in [-0.25, -0.2) is 0 Å². The van der Waals surface area contributed by atoms with Crippen LogP contribution in [0.15, 0.2) is 48.5 Å².